The predicted molar refractivity (Wildman–Crippen MR) is 128 cm³/mol. The van der Waals surface area contributed by atoms with Gasteiger partial charge >= 0.3 is 0 Å². The number of aliphatic hydroxyl groups is 2. The SMILES string of the molecule is CCSC1=C(SCCO)SN(S/C(SCC)=C(\SC)SCCO)S1. The monoisotopic (exact) mass is 481 g/mol. The van der Waals surface area contributed by atoms with Crippen LogP contribution >= 0.6 is 94.7 Å². The van der Waals surface area contributed by atoms with E-state index in [0.29, 0.717) is 0 Å². The molecule has 3 nitrogen and oxygen atoms in total. The largest absolute Gasteiger partial charge is 0.396 e. The molecule has 1 aliphatic heterocycles. The summed E-state index contributed by atoms with van der Waals surface area (Å²) in [5.74, 6) is 3.56. The van der Waals surface area contributed by atoms with Gasteiger partial charge in [-0.2, -0.15) is 0 Å². The second-order valence-electron chi connectivity index (χ2n) is 3.86. The van der Waals surface area contributed by atoms with Gasteiger partial charge in [-0.05, 0) is 53.6 Å². The van der Waals surface area contributed by atoms with Gasteiger partial charge in [-0.25, -0.2) is 0 Å². The molecular formula is C13H23NO2S8. The van der Waals surface area contributed by atoms with Gasteiger partial charge in [0.2, 0.25) is 0 Å². The number of hydrogen-bond donors (Lipinski definition) is 2. The zero-order valence-electron chi connectivity index (χ0n) is 13.9. The van der Waals surface area contributed by atoms with Gasteiger partial charge in [-0.15, -0.1) is 61.9 Å². The van der Waals surface area contributed by atoms with E-state index in [1.54, 1.807) is 71.1 Å². The van der Waals surface area contributed by atoms with Crippen molar-refractivity contribution in [3.8, 4) is 0 Å². The molecule has 0 unspecified atom stereocenters. The Morgan fingerprint density at radius 2 is 1.58 bits per heavy atom. The molecule has 0 saturated heterocycles. The zero-order valence-corrected chi connectivity index (χ0v) is 20.4. The Bertz CT molecular complexity index is 432. The van der Waals surface area contributed by atoms with E-state index in [-0.39, 0.29) is 13.2 Å². The average Bonchev–Trinajstić information content (AvgIpc) is 2.95. The third-order valence-electron chi connectivity index (χ3n) is 2.19. The van der Waals surface area contributed by atoms with E-state index in [9.17, 15) is 0 Å². The number of nitrogens with zero attached hydrogens (tertiary/aromatic N) is 1. The van der Waals surface area contributed by atoms with E-state index in [2.05, 4.69) is 23.2 Å². The van der Waals surface area contributed by atoms with Crippen LogP contribution in [0.3, 0.4) is 0 Å². The van der Waals surface area contributed by atoms with Crippen molar-refractivity contribution >= 4 is 94.7 Å². The van der Waals surface area contributed by atoms with Crippen molar-refractivity contribution in [1.29, 1.82) is 0 Å². The Labute approximate surface area is 179 Å². The highest BCUT2D eigenvalue weighted by Gasteiger charge is 2.27. The third kappa shape index (κ3) is 8.90. The van der Waals surface area contributed by atoms with Gasteiger partial charge in [-0.1, -0.05) is 13.8 Å². The maximum absolute atomic E-state index is 9.10. The quantitative estimate of drug-likeness (QED) is 0.313. The van der Waals surface area contributed by atoms with Crippen LogP contribution in [-0.4, -0.2) is 55.8 Å². The van der Waals surface area contributed by atoms with Crippen molar-refractivity contribution in [2.75, 3.05) is 42.5 Å². The van der Waals surface area contributed by atoms with Crippen LogP contribution in [0.1, 0.15) is 13.8 Å². The Morgan fingerprint density at radius 3 is 2.12 bits per heavy atom. The van der Waals surface area contributed by atoms with Crippen molar-refractivity contribution in [3.05, 3.63) is 16.9 Å². The fourth-order valence-corrected chi connectivity index (χ4v) is 11.9. The molecule has 0 aromatic carbocycles. The minimum atomic E-state index is 0.206. The smallest absolute Gasteiger partial charge is 0.0791 e. The van der Waals surface area contributed by atoms with Gasteiger partial charge in [0.25, 0.3) is 0 Å². The van der Waals surface area contributed by atoms with Gasteiger partial charge in [-0.3, -0.25) is 0 Å². The molecule has 0 aliphatic carbocycles. The number of thioether (sulfide) groups is 5. The molecule has 0 spiro atoms. The molecule has 0 saturated carbocycles. The molecule has 1 aliphatic rings. The maximum atomic E-state index is 9.10. The molecule has 24 heavy (non-hydrogen) atoms. The molecule has 0 aromatic heterocycles. The van der Waals surface area contributed by atoms with Crippen molar-refractivity contribution < 1.29 is 10.2 Å². The zero-order chi connectivity index (χ0) is 17.8. The van der Waals surface area contributed by atoms with Crippen LogP contribution in [0.5, 0.6) is 0 Å². The summed E-state index contributed by atoms with van der Waals surface area (Å²) in [7, 11) is 0. The number of rotatable bonds is 13. The minimum absolute atomic E-state index is 0.206. The molecule has 1 heterocycles. The number of hydrogen-bond acceptors (Lipinski definition) is 11. The van der Waals surface area contributed by atoms with Gasteiger partial charge in [0, 0.05) is 11.5 Å². The molecule has 0 bridgehead atoms. The minimum Gasteiger partial charge on any atom is -0.396 e. The summed E-state index contributed by atoms with van der Waals surface area (Å²) in [6, 6.07) is 0. The summed E-state index contributed by atoms with van der Waals surface area (Å²) < 4.78 is 7.47. The summed E-state index contributed by atoms with van der Waals surface area (Å²) in [6.45, 7) is 4.76. The average molecular weight is 482 g/mol. The first kappa shape index (κ1) is 24.2. The van der Waals surface area contributed by atoms with Crippen LogP contribution in [0.25, 0.3) is 0 Å². The molecule has 0 radical (unpaired) electrons. The highest BCUT2D eigenvalue weighted by Crippen LogP contribution is 2.59. The summed E-state index contributed by atoms with van der Waals surface area (Å²) in [5.41, 5.74) is 0. The van der Waals surface area contributed by atoms with Gasteiger partial charge < -0.3 is 10.2 Å². The van der Waals surface area contributed by atoms with Crippen LogP contribution in [0, 0.1) is 0 Å². The van der Waals surface area contributed by atoms with E-state index in [0.717, 1.165) is 23.0 Å². The van der Waals surface area contributed by atoms with Crippen molar-refractivity contribution in [1.82, 2.24) is 3.12 Å². The van der Waals surface area contributed by atoms with Crippen LogP contribution < -0.4 is 0 Å². The summed E-state index contributed by atoms with van der Waals surface area (Å²) in [4.78, 5) is 0. The Kier molecular flexibility index (Phi) is 15.3. The number of aliphatic hydroxyl groups excluding tert-OH is 2. The predicted octanol–water partition coefficient (Wildman–Crippen LogP) is 5.82. The normalized spacial score (nSPS) is 16.9. The highest BCUT2D eigenvalue weighted by molar-refractivity contribution is 8.42. The van der Waals surface area contributed by atoms with E-state index in [1.165, 1.54) is 16.9 Å². The standard InChI is InChI=1S/C13H23NO2S8/c1-4-18-11(10(17-3)20-8-6-15)22-14-23-12(19-5-2)13(24-14)21-9-7-16/h15-16H,4-9H2,1-3H3/b11-10+. The lowest BCUT2D eigenvalue weighted by atomic mass is 10.9. The van der Waals surface area contributed by atoms with Crippen LogP contribution in [0.15, 0.2) is 16.9 Å². The second kappa shape index (κ2) is 15.1. The van der Waals surface area contributed by atoms with E-state index in [4.69, 9.17) is 10.2 Å². The van der Waals surface area contributed by atoms with Gasteiger partial charge in [0.1, 0.15) is 0 Å². The summed E-state index contributed by atoms with van der Waals surface area (Å²) >= 11 is 14.3. The van der Waals surface area contributed by atoms with Crippen LogP contribution in [-0.2, 0) is 0 Å². The third-order valence-corrected chi connectivity index (χ3v) is 12.5. The lowest BCUT2D eigenvalue weighted by Crippen LogP contribution is -1.93. The maximum Gasteiger partial charge on any atom is 0.0791 e. The molecule has 0 aromatic rings. The second-order valence-corrected chi connectivity index (χ2v) is 14.0. The van der Waals surface area contributed by atoms with Gasteiger partial charge in [0.15, 0.2) is 0 Å². The molecule has 2 N–H and O–H groups in total. The Balaban J connectivity index is 2.76. The summed E-state index contributed by atoms with van der Waals surface area (Å²) in [6.07, 6.45) is 2.10. The Hall–Kier alpha value is 2.16. The molecule has 140 valence electrons. The molecule has 1 rings (SSSR count). The fraction of sp³-hybridized carbons (Fsp3) is 0.692. The molecule has 0 amide bonds. The molecular weight excluding hydrogens is 459 g/mol. The van der Waals surface area contributed by atoms with Crippen molar-refractivity contribution in [3.63, 3.8) is 0 Å². The lowest BCUT2D eigenvalue weighted by molar-refractivity contribution is 0.322. The molecule has 0 fully saturated rings. The molecule has 11 heteroatoms. The highest BCUT2D eigenvalue weighted by atomic mass is 32.3. The fourth-order valence-electron chi connectivity index (χ4n) is 1.37. The first-order chi connectivity index (χ1) is 11.7. The first-order valence-corrected chi connectivity index (χ1v) is 14.8. The first-order valence-electron chi connectivity index (χ1n) is 7.29. The molecule has 0 atom stereocenters. The van der Waals surface area contributed by atoms with E-state index in [1.807, 2.05) is 23.5 Å². The van der Waals surface area contributed by atoms with E-state index < -0.39 is 0 Å². The van der Waals surface area contributed by atoms with Crippen molar-refractivity contribution in [2.45, 2.75) is 13.8 Å². The summed E-state index contributed by atoms with van der Waals surface area (Å²) in [5, 5.41) is 18.2. The van der Waals surface area contributed by atoms with Crippen LogP contribution in [0.2, 0.25) is 0 Å². The van der Waals surface area contributed by atoms with Gasteiger partial charge in [0.05, 0.1) is 30.2 Å². The van der Waals surface area contributed by atoms with E-state index >= 15 is 0 Å². The van der Waals surface area contributed by atoms with Crippen LogP contribution in [0.4, 0.5) is 0 Å². The van der Waals surface area contributed by atoms with Crippen molar-refractivity contribution in [2.24, 2.45) is 0 Å². The lowest BCUT2D eigenvalue weighted by Gasteiger charge is -2.16. The topological polar surface area (TPSA) is 43.7 Å². The Morgan fingerprint density at radius 1 is 0.917 bits per heavy atom.